The van der Waals surface area contributed by atoms with Crippen LogP contribution in [0.5, 0.6) is 0 Å². The van der Waals surface area contributed by atoms with Crippen molar-refractivity contribution in [2.24, 2.45) is 5.73 Å². The zero-order chi connectivity index (χ0) is 14.7. The molecule has 2 atom stereocenters. The highest BCUT2D eigenvalue weighted by molar-refractivity contribution is 5.95. The topological polar surface area (TPSA) is 58.4 Å². The van der Waals surface area contributed by atoms with Gasteiger partial charge >= 0.3 is 0 Å². The van der Waals surface area contributed by atoms with Crippen LogP contribution in [0.15, 0.2) is 24.3 Å². The lowest BCUT2D eigenvalue weighted by Gasteiger charge is -2.35. The first-order valence-corrected chi connectivity index (χ1v) is 8.11. The largest absolute Gasteiger partial charge is 0.349 e. The molecule has 3 N–H and O–H groups in total. The van der Waals surface area contributed by atoms with Crippen LogP contribution in [-0.4, -0.2) is 42.5 Å². The van der Waals surface area contributed by atoms with Crippen LogP contribution < -0.4 is 11.1 Å². The van der Waals surface area contributed by atoms with Gasteiger partial charge in [0, 0.05) is 24.2 Å². The summed E-state index contributed by atoms with van der Waals surface area (Å²) < 4.78 is 0. The lowest BCUT2D eigenvalue weighted by atomic mass is 9.96. The maximum Gasteiger partial charge on any atom is 0.251 e. The fourth-order valence-electron chi connectivity index (χ4n) is 3.73. The summed E-state index contributed by atoms with van der Waals surface area (Å²) in [5.74, 6) is 0.0653. The highest BCUT2D eigenvalue weighted by Crippen LogP contribution is 2.27. The zero-order valence-electron chi connectivity index (χ0n) is 12.6. The van der Waals surface area contributed by atoms with E-state index in [2.05, 4.69) is 10.2 Å². The molecule has 2 heterocycles. The first-order chi connectivity index (χ1) is 10.3. The summed E-state index contributed by atoms with van der Waals surface area (Å²) in [6.45, 7) is 2.94. The number of carbonyl (C=O) groups excluding carboxylic acids is 1. The molecule has 2 aliphatic rings. The van der Waals surface area contributed by atoms with Crippen molar-refractivity contribution >= 4 is 5.91 Å². The molecule has 0 spiro atoms. The number of hydrogen-bond donors (Lipinski definition) is 2. The Kier molecular flexibility index (Phi) is 4.56. The van der Waals surface area contributed by atoms with Gasteiger partial charge in [-0.25, -0.2) is 0 Å². The Bertz CT molecular complexity index is 503. The first kappa shape index (κ1) is 14.5. The van der Waals surface area contributed by atoms with Gasteiger partial charge in [-0.3, -0.25) is 4.79 Å². The maximum absolute atomic E-state index is 12.5. The highest BCUT2D eigenvalue weighted by Gasteiger charge is 2.32. The van der Waals surface area contributed by atoms with E-state index in [1.54, 1.807) is 0 Å². The number of benzene rings is 1. The summed E-state index contributed by atoms with van der Waals surface area (Å²) >= 11 is 0. The lowest BCUT2D eigenvalue weighted by molar-refractivity contribution is 0.0895. The number of rotatable bonds is 4. The molecule has 0 bridgehead atoms. The molecule has 21 heavy (non-hydrogen) atoms. The summed E-state index contributed by atoms with van der Waals surface area (Å²) in [6, 6.07) is 8.81. The van der Waals surface area contributed by atoms with E-state index in [9.17, 15) is 4.79 Å². The first-order valence-electron chi connectivity index (χ1n) is 8.11. The summed E-state index contributed by atoms with van der Waals surface area (Å²) in [7, 11) is 0. The highest BCUT2D eigenvalue weighted by atomic mass is 16.1. The molecule has 1 amide bonds. The van der Waals surface area contributed by atoms with E-state index in [0.717, 1.165) is 36.9 Å². The van der Waals surface area contributed by atoms with Crippen molar-refractivity contribution in [3.8, 4) is 0 Å². The minimum absolute atomic E-state index is 0.0653. The molecular formula is C17H25N3O. The van der Waals surface area contributed by atoms with Crippen LogP contribution in [0.3, 0.4) is 0 Å². The monoisotopic (exact) mass is 287 g/mol. The van der Waals surface area contributed by atoms with Gasteiger partial charge in [-0.15, -0.1) is 0 Å². The van der Waals surface area contributed by atoms with Gasteiger partial charge in [0.15, 0.2) is 0 Å². The van der Waals surface area contributed by atoms with Crippen molar-refractivity contribution in [2.75, 3.05) is 19.6 Å². The van der Waals surface area contributed by atoms with Crippen molar-refractivity contribution in [3.05, 3.63) is 35.4 Å². The minimum atomic E-state index is 0.0653. The fraction of sp³-hybridized carbons (Fsp3) is 0.588. The van der Waals surface area contributed by atoms with E-state index in [4.69, 9.17) is 5.73 Å². The van der Waals surface area contributed by atoms with Crippen molar-refractivity contribution in [3.63, 3.8) is 0 Å². The van der Waals surface area contributed by atoms with E-state index in [1.807, 2.05) is 24.3 Å². The third-order valence-corrected chi connectivity index (χ3v) is 4.83. The Labute approximate surface area is 126 Å². The average Bonchev–Trinajstić information content (AvgIpc) is 2.95. The smallest absolute Gasteiger partial charge is 0.251 e. The lowest BCUT2D eigenvalue weighted by Crippen LogP contribution is -2.47. The summed E-state index contributed by atoms with van der Waals surface area (Å²) in [4.78, 5) is 15.1. The molecule has 2 fully saturated rings. The van der Waals surface area contributed by atoms with Crippen LogP contribution in [0.1, 0.15) is 41.6 Å². The number of hydrogen-bond acceptors (Lipinski definition) is 3. The van der Waals surface area contributed by atoms with Crippen LogP contribution in [0, 0.1) is 0 Å². The average molecular weight is 287 g/mol. The predicted octanol–water partition coefficient (Wildman–Crippen LogP) is 1.54. The Balaban J connectivity index is 1.63. The molecule has 3 rings (SSSR count). The molecular weight excluding hydrogens is 262 g/mol. The standard InChI is InChI=1S/C17H25N3O/c18-9-7-13-4-1-2-6-16(13)17(21)19-14-8-11-20-10-3-5-15(20)12-14/h1-2,4,6,14-15H,3,5,7-12,18H2,(H,19,21). The van der Waals surface area contributed by atoms with E-state index in [0.29, 0.717) is 18.6 Å². The predicted molar refractivity (Wildman–Crippen MR) is 84.3 cm³/mol. The van der Waals surface area contributed by atoms with Crippen LogP contribution in [-0.2, 0) is 6.42 Å². The molecule has 0 aromatic heterocycles. The van der Waals surface area contributed by atoms with Gasteiger partial charge in [0.2, 0.25) is 0 Å². The number of carbonyl (C=O) groups is 1. The Morgan fingerprint density at radius 2 is 2.14 bits per heavy atom. The van der Waals surface area contributed by atoms with Crippen molar-refractivity contribution in [1.29, 1.82) is 0 Å². The van der Waals surface area contributed by atoms with E-state index in [-0.39, 0.29) is 5.91 Å². The summed E-state index contributed by atoms with van der Waals surface area (Å²) in [5, 5.41) is 3.24. The number of nitrogens with one attached hydrogen (secondary N) is 1. The molecule has 114 valence electrons. The van der Waals surface area contributed by atoms with Gasteiger partial charge in [0.1, 0.15) is 0 Å². The molecule has 1 aromatic rings. The quantitative estimate of drug-likeness (QED) is 0.883. The zero-order valence-corrected chi connectivity index (χ0v) is 12.6. The second-order valence-electron chi connectivity index (χ2n) is 6.22. The second-order valence-corrected chi connectivity index (χ2v) is 6.22. The minimum Gasteiger partial charge on any atom is -0.349 e. The molecule has 2 saturated heterocycles. The van der Waals surface area contributed by atoms with Gasteiger partial charge in [-0.05, 0) is 56.8 Å². The third kappa shape index (κ3) is 3.27. The fourth-order valence-corrected chi connectivity index (χ4v) is 3.73. The van der Waals surface area contributed by atoms with Crippen LogP contribution >= 0.6 is 0 Å². The third-order valence-electron chi connectivity index (χ3n) is 4.83. The summed E-state index contributed by atoms with van der Waals surface area (Å²) in [6.07, 6.45) is 5.53. The number of nitrogens with zero attached hydrogens (tertiary/aromatic N) is 1. The maximum atomic E-state index is 12.5. The van der Waals surface area contributed by atoms with Crippen LogP contribution in [0.4, 0.5) is 0 Å². The van der Waals surface area contributed by atoms with Gasteiger partial charge in [0.25, 0.3) is 5.91 Å². The van der Waals surface area contributed by atoms with Crippen LogP contribution in [0.25, 0.3) is 0 Å². The number of amides is 1. The van der Waals surface area contributed by atoms with E-state index in [1.165, 1.54) is 19.4 Å². The van der Waals surface area contributed by atoms with E-state index < -0.39 is 0 Å². The Hall–Kier alpha value is -1.39. The SMILES string of the molecule is NCCc1ccccc1C(=O)NC1CCN2CCCC2C1. The molecule has 4 nitrogen and oxygen atoms in total. The molecule has 2 aliphatic heterocycles. The normalized spacial score (nSPS) is 25.6. The van der Waals surface area contributed by atoms with Crippen molar-refractivity contribution in [1.82, 2.24) is 10.2 Å². The Morgan fingerprint density at radius 1 is 1.29 bits per heavy atom. The molecule has 0 radical (unpaired) electrons. The summed E-state index contributed by atoms with van der Waals surface area (Å²) in [5.41, 5.74) is 7.48. The van der Waals surface area contributed by atoms with Crippen molar-refractivity contribution in [2.45, 2.75) is 44.2 Å². The van der Waals surface area contributed by atoms with Gasteiger partial charge in [-0.2, -0.15) is 0 Å². The molecule has 4 heteroatoms. The molecule has 1 aromatic carbocycles. The number of nitrogens with two attached hydrogens (primary N) is 1. The molecule has 0 saturated carbocycles. The second kappa shape index (κ2) is 6.58. The Morgan fingerprint density at radius 3 is 3.00 bits per heavy atom. The van der Waals surface area contributed by atoms with Crippen LogP contribution in [0.2, 0.25) is 0 Å². The number of fused-ring (bicyclic) bond motifs is 1. The van der Waals surface area contributed by atoms with Gasteiger partial charge in [0.05, 0.1) is 0 Å². The molecule has 0 aliphatic carbocycles. The van der Waals surface area contributed by atoms with Gasteiger partial charge in [-0.1, -0.05) is 18.2 Å². The van der Waals surface area contributed by atoms with Gasteiger partial charge < -0.3 is 16.0 Å². The van der Waals surface area contributed by atoms with E-state index >= 15 is 0 Å². The van der Waals surface area contributed by atoms with Crippen molar-refractivity contribution < 1.29 is 4.79 Å². The molecule has 2 unspecified atom stereocenters. The number of piperidine rings is 1.